The van der Waals surface area contributed by atoms with Crippen LogP contribution in [-0.4, -0.2) is 5.11 Å². The third kappa shape index (κ3) is 6.22. The average molecular weight is 461 g/mol. The molecule has 0 fully saturated rings. The maximum absolute atomic E-state index is 9.58. The molecule has 34 heavy (non-hydrogen) atoms. The molecule has 0 aliphatic heterocycles. The molecule has 5 rings (SSSR count). The van der Waals surface area contributed by atoms with Crippen LogP contribution >= 0.6 is 7.92 Å². The highest BCUT2D eigenvalue weighted by atomic mass is 31.1. The van der Waals surface area contributed by atoms with Crippen molar-refractivity contribution in [2.75, 3.05) is 0 Å². The maximum Gasteiger partial charge on any atom is 0.115 e. The molecule has 1 nitrogen and oxygen atoms in total. The van der Waals surface area contributed by atoms with E-state index in [0.29, 0.717) is 5.75 Å². The Balaban J connectivity index is 0.000000192. The van der Waals surface area contributed by atoms with Crippen LogP contribution in [0, 0.1) is 13.8 Å². The van der Waals surface area contributed by atoms with Crippen molar-refractivity contribution in [1.82, 2.24) is 0 Å². The summed E-state index contributed by atoms with van der Waals surface area (Å²) in [5.74, 6) is 0.312. The molecule has 0 spiro atoms. The highest BCUT2D eigenvalue weighted by Crippen LogP contribution is 2.33. The second-order valence-electron chi connectivity index (χ2n) is 8.26. The van der Waals surface area contributed by atoms with Crippen LogP contribution in [0.4, 0.5) is 0 Å². The highest BCUT2D eigenvalue weighted by Gasteiger charge is 2.16. The van der Waals surface area contributed by atoms with Gasteiger partial charge in [0.05, 0.1) is 0 Å². The molecule has 0 amide bonds. The SMILES string of the molecule is Cc1cccc(P(c2ccc(O)cc2)c2cccc(C)c2)c1.c1ccc(-c2ccccc2)cc1. The van der Waals surface area contributed by atoms with Crippen molar-refractivity contribution in [3.63, 3.8) is 0 Å². The Morgan fingerprint density at radius 2 is 0.882 bits per heavy atom. The number of phenols is 1. The summed E-state index contributed by atoms with van der Waals surface area (Å²) in [6.07, 6.45) is 0. The number of hydrogen-bond acceptors (Lipinski definition) is 1. The van der Waals surface area contributed by atoms with E-state index < -0.39 is 7.92 Å². The molecule has 0 aliphatic rings. The molecular weight excluding hydrogens is 431 g/mol. The summed E-state index contributed by atoms with van der Waals surface area (Å²) in [6.45, 7) is 4.26. The third-order valence-corrected chi connectivity index (χ3v) is 7.91. The fourth-order valence-electron chi connectivity index (χ4n) is 3.84. The lowest BCUT2D eigenvalue weighted by Gasteiger charge is -2.20. The first kappa shape index (κ1) is 23.5. The molecule has 5 aromatic carbocycles. The van der Waals surface area contributed by atoms with E-state index in [1.165, 1.54) is 38.2 Å². The minimum Gasteiger partial charge on any atom is -0.508 e. The van der Waals surface area contributed by atoms with Gasteiger partial charge in [-0.2, -0.15) is 0 Å². The van der Waals surface area contributed by atoms with Crippen LogP contribution in [0.15, 0.2) is 133 Å². The van der Waals surface area contributed by atoms with Crippen molar-refractivity contribution in [2.45, 2.75) is 13.8 Å². The van der Waals surface area contributed by atoms with E-state index in [1.807, 2.05) is 24.3 Å². The van der Waals surface area contributed by atoms with Gasteiger partial charge in [0, 0.05) is 0 Å². The molecule has 0 aliphatic carbocycles. The summed E-state index contributed by atoms with van der Waals surface area (Å²) in [6, 6.07) is 45.8. The monoisotopic (exact) mass is 460 g/mol. The van der Waals surface area contributed by atoms with Crippen molar-refractivity contribution in [1.29, 1.82) is 0 Å². The molecule has 0 saturated heterocycles. The maximum atomic E-state index is 9.58. The zero-order valence-electron chi connectivity index (χ0n) is 19.6. The zero-order valence-corrected chi connectivity index (χ0v) is 20.5. The summed E-state index contributed by atoms with van der Waals surface area (Å²) in [7, 11) is -0.602. The molecule has 0 unspecified atom stereocenters. The Bertz CT molecular complexity index is 1230. The molecular formula is C32H29OP. The van der Waals surface area contributed by atoms with Gasteiger partial charge in [-0.05, 0) is 60.9 Å². The third-order valence-electron chi connectivity index (χ3n) is 5.51. The van der Waals surface area contributed by atoms with Crippen molar-refractivity contribution >= 4 is 23.8 Å². The Kier molecular flexibility index (Phi) is 7.91. The van der Waals surface area contributed by atoms with Crippen LogP contribution in [0.25, 0.3) is 11.1 Å². The molecule has 1 N–H and O–H groups in total. The van der Waals surface area contributed by atoms with Gasteiger partial charge in [0.25, 0.3) is 0 Å². The second-order valence-corrected chi connectivity index (χ2v) is 10.5. The summed E-state index contributed by atoms with van der Waals surface area (Å²) in [5.41, 5.74) is 5.10. The molecule has 2 heteroatoms. The first-order valence-electron chi connectivity index (χ1n) is 11.4. The van der Waals surface area contributed by atoms with Crippen LogP contribution in [0.2, 0.25) is 0 Å². The Hall–Kier alpha value is -3.67. The fourth-order valence-corrected chi connectivity index (χ4v) is 6.32. The molecule has 5 aromatic rings. The van der Waals surface area contributed by atoms with E-state index in [9.17, 15) is 5.11 Å². The predicted octanol–water partition coefficient (Wildman–Crippen LogP) is 7.12. The van der Waals surface area contributed by atoms with Gasteiger partial charge in [-0.1, -0.05) is 132 Å². The van der Waals surface area contributed by atoms with E-state index in [1.54, 1.807) is 12.1 Å². The van der Waals surface area contributed by atoms with Crippen molar-refractivity contribution < 1.29 is 5.11 Å². The number of aryl methyl sites for hydroxylation is 2. The summed E-state index contributed by atoms with van der Waals surface area (Å²) >= 11 is 0. The van der Waals surface area contributed by atoms with Crippen LogP contribution < -0.4 is 15.9 Å². The van der Waals surface area contributed by atoms with Gasteiger partial charge in [0.1, 0.15) is 5.75 Å². The molecule has 0 bridgehead atoms. The van der Waals surface area contributed by atoms with Gasteiger partial charge in [0.2, 0.25) is 0 Å². The normalized spacial score (nSPS) is 10.4. The summed E-state index contributed by atoms with van der Waals surface area (Å²) in [4.78, 5) is 0. The van der Waals surface area contributed by atoms with E-state index in [0.717, 1.165) is 0 Å². The summed E-state index contributed by atoms with van der Waals surface area (Å²) < 4.78 is 0. The minimum atomic E-state index is -0.602. The molecule has 0 radical (unpaired) electrons. The van der Waals surface area contributed by atoms with E-state index in [4.69, 9.17) is 0 Å². The van der Waals surface area contributed by atoms with Gasteiger partial charge >= 0.3 is 0 Å². The predicted molar refractivity (Wildman–Crippen MR) is 148 cm³/mol. The van der Waals surface area contributed by atoms with Gasteiger partial charge < -0.3 is 5.11 Å². The fraction of sp³-hybridized carbons (Fsp3) is 0.0625. The number of hydrogen-bond donors (Lipinski definition) is 1. The van der Waals surface area contributed by atoms with E-state index in [2.05, 4.69) is 111 Å². The number of benzene rings is 5. The van der Waals surface area contributed by atoms with Crippen LogP contribution in [0.1, 0.15) is 11.1 Å². The van der Waals surface area contributed by atoms with Gasteiger partial charge in [-0.15, -0.1) is 0 Å². The Labute approximate surface area is 204 Å². The number of phenolic OH excluding ortho intramolecular Hbond substituents is 1. The number of aromatic hydroxyl groups is 1. The van der Waals surface area contributed by atoms with Gasteiger partial charge in [0.15, 0.2) is 0 Å². The molecule has 0 saturated carbocycles. The lowest BCUT2D eigenvalue weighted by molar-refractivity contribution is 0.475. The lowest BCUT2D eigenvalue weighted by atomic mass is 10.1. The van der Waals surface area contributed by atoms with Crippen molar-refractivity contribution in [3.8, 4) is 16.9 Å². The van der Waals surface area contributed by atoms with Crippen LogP contribution in [0.3, 0.4) is 0 Å². The lowest BCUT2D eigenvalue weighted by Crippen LogP contribution is -2.20. The topological polar surface area (TPSA) is 20.2 Å². The second kappa shape index (κ2) is 11.5. The van der Waals surface area contributed by atoms with E-state index in [-0.39, 0.29) is 0 Å². The average Bonchev–Trinajstić information content (AvgIpc) is 2.87. The first-order valence-corrected chi connectivity index (χ1v) is 12.8. The minimum absolute atomic E-state index is 0.312. The van der Waals surface area contributed by atoms with Gasteiger partial charge in [-0.3, -0.25) is 0 Å². The molecule has 0 aromatic heterocycles. The Morgan fingerprint density at radius 3 is 1.29 bits per heavy atom. The van der Waals surface area contributed by atoms with Gasteiger partial charge in [-0.25, -0.2) is 0 Å². The Morgan fingerprint density at radius 1 is 0.441 bits per heavy atom. The molecule has 0 atom stereocenters. The number of rotatable bonds is 4. The molecule has 0 heterocycles. The largest absolute Gasteiger partial charge is 0.508 e. The first-order chi connectivity index (χ1) is 16.6. The summed E-state index contributed by atoms with van der Waals surface area (Å²) in [5, 5.41) is 13.5. The van der Waals surface area contributed by atoms with E-state index >= 15 is 0 Å². The quantitative estimate of drug-likeness (QED) is 0.283. The van der Waals surface area contributed by atoms with Crippen molar-refractivity contribution in [2.24, 2.45) is 0 Å². The standard InChI is InChI=1S/C20H19OP.C12H10/c1-15-5-3-7-19(13-15)22(18-11-9-17(21)10-12-18)20-8-4-6-16(2)14-20;1-3-7-11(8-4-1)12-9-5-2-6-10-12/h3-14,21H,1-2H3;1-10H. The van der Waals surface area contributed by atoms with Crippen molar-refractivity contribution in [3.05, 3.63) is 145 Å². The molecule has 168 valence electrons. The zero-order chi connectivity index (χ0) is 23.8. The van der Waals surface area contributed by atoms with Crippen LogP contribution in [0.5, 0.6) is 5.75 Å². The highest BCUT2D eigenvalue weighted by molar-refractivity contribution is 7.79. The smallest absolute Gasteiger partial charge is 0.115 e. The van der Waals surface area contributed by atoms with Crippen LogP contribution in [-0.2, 0) is 0 Å².